The summed E-state index contributed by atoms with van der Waals surface area (Å²) in [6.07, 6.45) is 0. The van der Waals surface area contributed by atoms with Crippen LogP contribution in [0.2, 0.25) is 0 Å². The van der Waals surface area contributed by atoms with E-state index in [2.05, 4.69) is 35.7 Å². The van der Waals surface area contributed by atoms with Crippen molar-refractivity contribution in [2.45, 2.75) is 19.8 Å². The molecule has 112 valence electrons. The van der Waals surface area contributed by atoms with Crippen molar-refractivity contribution < 1.29 is 0 Å². The van der Waals surface area contributed by atoms with Gasteiger partial charge >= 0.3 is 0 Å². The maximum absolute atomic E-state index is 9.54. The number of nitriles is 2. The molecule has 3 nitrogen and oxygen atoms in total. The Balaban J connectivity index is 2.09. The molecule has 1 N–H and O–H groups in total. The minimum absolute atomic E-state index is 0.270. The van der Waals surface area contributed by atoms with Crippen LogP contribution in [0.4, 0.5) is 0 Å². The van der Waals surface area contributed by atoms with E-state index in [1.165, 1.54) is 0 Å². The van der Waals surface area contributed by atoms with Crippen LogP contribution in [0, 0.1) is 22.7 Å². The van der Waals surface area contributed by atoms with Gasteiger partial charge in [0, 0.05) is 21.1 Å². The average molecular weight is 317 g/mol. The lowest BCUT2D eigenvalue weighted by atomic mass is 9.86. The van der Waals surface area contributed by atoms with E-state index >= 15 is 0 Å². The highest BCUT2D eigenvalue weighted by molar-refractivity contribution is 7.15. The van der Waals surface area contributed by atoms with Crippen LogP contribution < -0.4 is 5.32 Å². The second-order valence-corrected chi connectivity index (χ2v) is 6.54. The predicted octanol–water partition coefficient (Wildman–Crippen LogP) is 4.70. The quantitative estimate of drug-likeness (QED) is 0.873. The van der Waals surface area contributed by atoms with Crippen molar-refractivity contribution in [3.8, 4) is 22.6 Å². The van der Waals surface area contributed by atoms with Gasteiger partial charge in [0.1, 0.15) is 0 Å². The second-order valence-electron chi connectivity index (χ2n) is 5.43. The third-order valence-corrected chi connectivity index (χ3v) is 5.17. The highest BCUT2D eigenvalue weighted by Crippen LogP contribution is 2.42. The van der Waals surface area contributed by atoms with Crippen molar-refractivity contribution in [3.05, 3.63) is 69.9 Å². The van der Waals surface area contributed by atoms with E-state index in [0.717, 1.165) is 26.7 Å². The lowest BCUT2D eigenvalue weighted by Crippen LogP contribution is -2.22. The molecule has 0 amide bonds. The number of nitrogens with one attached hydrogen (secondary N) is 1. The van der Waals surface area contributed by atoms with Crippen molar-refractivity contribution in [3.63, 3.8) is 0 Å². The molecule has 1 aliphatic heterocycles. The molecule has 0 unspecified atom stereocenters. The van der Waals surface area contributed by atoms with Crippen LogP contribution in [-0.4, -0.2) is 0 Å². The standard InChI is InChI=1S/C19H15N3S/c1-12-15(10-20)19(16(11-21)13(2)22-12)18-9-8-17(23-18)14-6-4-3-5-7-14/h3-9,19,22H,1-2H3. The molecule has 4 heteroatoms. The largest absolute Gasteiger partial charge is 0.361 e. The van der Waals surface area contributed by atoms with Gasteiger partial charge in [0.25, 0.3) is 0 Å². The molecule has 0 aliphatic carbocycles. The monoisotopic (exact) mass is 317 g/mol. The average Bonchev–Trinajstić information content (AvgIpc) is 3.04. The SMILES string of the molecule is CC1=C(C#N)C(c2ccc(-c3ccccc3)s2)C(C#N)=C(C)N1. The van der Waals surface area contributed by atoms with E-state index < -0.39 is 0 Å². The molecule has 0 bridgehead atoms. The fraction of sp³-hybridized carbons (Fsp3) is 0.158. The molecule has 0 radical (unpaired) electrons. The molecule has 0 saturated carbocycles. The Labute approximate surface area is 139 Å². The van der Waals surface area contributed by atoms with Crippen LogP contribution in [-0.2, 0) is 0 Å². The van der Waals surface area contributed by atoms with E-state index in [-0.39, 0.29) is 5.92 Å². The Morgan fingerprint density at radius 2 is 1.52 bits per heavy atom. The molecular weight excluding hydrogens is 302 g/mol. The first-order valence-electron chi connectivity index (χ1n) is 7.29. The normalized spacial score (nSPS) is 15.1. The van der Waals surface area contributed by atoms with Crippen molar-refractivity contribution in [1.82, 2.24) is 5.32 Å². The van der Waals surface area contributed by atoms with Crippen LogP contribution in [0.1, 0.15) is 24.6 Å². The van der Waals surface area contributed by atoms with Crippen molar-refractivity contribution in [2.24, 2.45) is 0 Å². The molecule has 1 aromatic heterocycles. The number of nitrogens with zero attached hydrogens (tertiary/aromatic N) is 2. The number of hydrogen-bond acceptors (Lipinski definition) is 4. The second kappa shape index (κ2) is 6.12. The van der Waals surface area contributed by atoms with Gasteiger partial charge in [-0.05, 0) is 31.5 Å². The fourth-order valence-corrected chi connectivity index (χ4v) is 3.97. The summed E-state index contributed by atoms with van der Waals surface area (Å²) in [5.41, 5.74) is 4.03. The van der Waals surface area contributed by atoms with Crippen molar-refractivity contribution >= 4 is 11.3 Å². The summed E-state index contributed by atoms with van der Waals surface area (Å²) < 4.78 is 0. The molecule has 23 heavy (non-hydrogen) atoms. The molecule has 2 aromatic rings. The van der Waals surface area contributed by atoms with Gasteiger partial charge in [-0.3, -0.25) is 0 Å². The van der Waals surface area contributed by atoms with Gasteiger partial charge in [-0.1, -0.05) is 30.3 Å². The van der Waals surface area contributed by atoms with Gasteiger partial charge in [-0.2, -0.15) is 10.5 Å². The number of hydrogen-bond donors (Lipinski definition) is 1. The Morgan fingerprint density at radius 1 is 0.913 bits per heavy atom. The molecule has 0 fully saturated rings. The van der Waals surface area contributed by atoms with Crippen LogP contribution in [0.25, 0.3) is 10.4 Å². The van der Waals surface area contributed by atoms with Gasteiger partial charge in [-0.25, -0.2) is 0 Å². The number of allylic oxidation sites excluding steroid dienone is 4. The zero-order chi connectivity index (χ0) is 16.4. The molecule has 0 spiro atoms. The summed E-state index contributed by atoms with van der Waals surface area (Å²) in [6, 6.07) is 18.8. The highest BCUT2D eigenvalue weighted by Gasteiger charge is 2.30. The fourth-order valence-electron chi connectivity index (χ4n) is 2.84. The van der Waals surface area contributed by atoms with Gasteiger partial charge in [-0.15, -0.1) is 11.3 Å². The maximum Gasteiger partial charge on any atom is 0.0976 e. The van der Waals surface area contributed by atoms with E-state index in [1.807, 2.05) is 38.1 Å². The smallest absolute Gasteiger partial charge is 0.0976 e. The molecule has 0 saturated heterocycles. The van der Waals surface area contributed by atoms with E-state index in [1.54, 1.807) is 11.3 Å². The summed E-state index contributed by atoms with van der Waals surface area (Å²) in [4.78, 5) is 2.17. The number of dihydropyridines is 1. The summed E-state index contributed by atoms with van der Waals surface area (Å²) in [5.74, 6) is -0.270. The van der Waals surface area contributed by atoms with Gasteiger partial charge < -0.3 is 5.32 Å². The lowest BCUT2D eigenvalue weighted by Gasteiger charge is -2.25. The molecular formula is C19H15N3S. The molecule has 0 atom stereocenters. The molecule has 3 rings (SSSR count). The van der Waals surface area contributed by atoms with Crippen molar-refractivity contribution in [2.75, 3.05) is 0 Å². The van der Waals surface area contributed by atoms with Crippen LogP contribution in [0.3, 0.4) is 0 Å². The van der Waals surface area contributed by atoms with Crippen molar-refractivity contribution in [1.29, 1.82) is 10.5 Å². The number of benzene rings is 1. The lowest BCUT2D eigenvalue weighted by molar-refractivity contribution is 0.822. The van der Waals surface area contributed by atoms with Crippen LogP contribution in [0.15, 0.2) is 65.0 Å². The minimum atomic E-state index is -0.270. The van der Waals surface area contributed by atoms with Gasteiger partial charge in [0.15, 0.2) is 0 Å². The highest BCUT2D eigenvalue weighted by atomic mass is 32.1. The zero-order valence-corrected chi connectivity index (χ0v) is 13.7. The van der Waals surface area contributed by atoms with E-state index in [4.69, 9.17) is 0 Å². The molecule has 1 aromatic carbocycles. The Kier molecular flexibility index (Phi) is 4.02. The van der Waals surface area contributed by atoms with Gasteiger partial charge in [0.05, 0.1) is 29.2 Å². The van der Waals surface area contributed by atoms with Crippen LogP contribution >= 0.6 is 11.3 Å². The van der Waals surface area contributed by atoms with E-state index in [9.17, 15) is 10.5 Å². The predicted molar refractivity (Wildman–Crippen MR) is 92.3 cm³/mol. The third-order valence-electron chi connectivity index (χ3n) is 3.97. The number of thiophene rings is 1. The minimum Gasteiger partial charge on any atom is -0.361 e. The topological polar surface area (TPSA) is 59.6 Å². The number of rotatable bonds is 2. The van der Waals surface area contributed by atoms with E-state index in [0.29, 0.717) is 11.1 Å². The first-order valence-corrected chi connectivity index (χ1v) is 8.11. The van der Waals surface area contributed by atoms with Crippen LogP contribution in [0.5, 0.6) is 0 Å². The molecule has 1 aliphatic rings. The maximum atomic E-state index is 9.54. The molecule has 2 heterocycles. The first-order chi connectivity index (χ1) is 11.2. The Hall–Kier alpha value is -2.82. The summed E-state index contributed by atoms with van der Waals surface area (Å²) in [7, 11) is 0. The summed E-state index contributed by atoms with van der Waals surface area (Å²) in [6.45, 7) is 3.77. The van der Waals surface area contributed by atoms with Gasteiger partial charge in [0.2, 0.25) is 0 Å². The summed E-state index contributed by atoms with van der Waals surface area (Å²) >= 11 is 1.64. The zero-order valence-electron chi connectivity index (χ0n) is 12.9. The first kappa shape index (κ1) is 15.1. The summed E-state index contributed by atoms with van der Waals surface area (Å²) in [5, 5.41) is 22.2. The third kappa shape index (κ3) is 2.65. The Morgan fingerprint density at radius 3 is 2.09 bits per heavy atom. The Bertz CT molecular complexity index is 853.